The van der Waals surface area contributed by atoms with E-state index in [0.717, 1.165) is 13.4 Å². The van der Waals surface area contributed by atoms with Gasteiger partial charge >= 0.3 is 0 Å². The Morgan fingerprint density at radius 1 is 1.70 bits per heavy atom. The summed E-state index contributed by atoms with van der Waals surface area (Å²) in [5.74, 6) is 0. The van der Waals surface area contributed by atoms with Crippen LogP contribution in [-0.4, -0.2) is 10.5 Å². The van der Waals surface area contributed by atoms with E-state index in [0.29, 0.717) is 0 Å². The molecule has 1 aromatic heterocycles. The Balaban J connectivity index is 2.85. The molecule has 0 aliphatic carbocycles. The molecule has 0 unspecified atom stereocenters. The number of hydrogen-bond acceptors (Lipinski definition) is 3. The van der Waals surface area contributed by atoms with Crippen LogP contribution in [0, 0.1) is 0 Å². The van der Waals surface area contributed by atoms with Crippen LogP contribution in [0.25, 0.3) is 0 Å². The highest BCUT2D eigenvalue weighted by Gasteiger charge is 2.01. The number of thioether (sulfide) groups is 1. The summed E-state index contributed by atoms with van der Waals surface area (Å²) in [6, 6.07) is 3.82. The zero-order valence-electron chi connectivity index (χ0n) is 5.26. The van der Waals surface area contributed by atoms with Crippen LogP contribution in [0.2, 0.25) is 4.34 Å². The van der Waals surface area contributed by atoms with E-state index in [1.165, 1.54) is 11.3 Å². The molecule has 0 aliphatic heterocycles. The van der Waals surface area contributed by atoms with Crippen molar-refractivity contribution >= 4 is 51.1 Å². The average molecular weight is 209 g/mol. The van der Waals surface area contributed by atoms with Crippen LogP contribution in [0.15, 0.2) is 12.1 Å². The van der Waals surface area contributed by atoms with E-state index in [2.05, 4.69) is 0 Å². The molecule has 1 heterocycles. The van der Waals surface area contributed by atoms with Crippen LogP contribution in [0.1, 0.15) is 4.88 Å². The molecule has 0 aromatic carbocycles. The standard InChI is InChI=1S/C6H5ClS3/c1-9-6(8)4-2-3-5(7)10-4/h2-3H,1H3. The van der Waals surface area contributed by atoms with E-state index in [1.807, 2.05) is 18.4 Å². The number of hydrogen-bond donors (Lipinski definition) is 0. The molecular formula is C6H5ClS3. The van der Waals surface area contributed by atoms with Gasteiger partial charge in [0.2, 0.25) is 0 Å². The summed E-state index contributed by atoms with van der Waals surface area (Å²) in [4.78, 5) is 1.09. The van der Waals surface area contributed by atoms with Crippen LogP contribution >= 0.6 is 46.9 Å². The Morgan fingerprint density at radius 3 is 2.80 bits per heavy atom. The lowest BCUT2D eigenvalue weighted by Gasteiger charge is -1.90. The summed E-state index contributed by atoms with van der Waals surface area (Å²) in [5.41, 5.74) is 0. The van der Waals surface area contributed by atoms with Crippen LogP contribution in [0.3, 0.4) is 0 Å². The van der Waals surface area contributed by atoms with Gasteiger partial charge in [0, 0.05) is 0 Å². The number of rotatable bonds is 1. The second kappa shape index (κ2) is 3.72. The fourth-order valence-corrected chi connectivity index (χ4v) is 2.24. The Hall–Kier alpha value is 0.430. The SMILES string of the molecule is CSC(=S)c1ccc(Cl)s1. The first-order chi connectivity index (χ1) is 4.74. The minimum atomic E-state index is 0.798. The third-order valence-corrected chi connectivity index (χ3v) is 3.78. The van der Waals surface area contributed by atoms with Crippen molar-refractivity contribution in [3.8, 4) is 0 Å². The molecule has 54 valence electrons. The van der Waals surface area contributed by atoms with E-state index in [1.54, 1.807) is 11.8 Å². The van der Waals surface area contributed by atoms with E-state index < -0.39 is 0 Å². The van der Waals surface area contributed by atoms with Crippen molar-refractivity contribution in [2.45, 2.75) is 0 Å². The molecule has 0 radical (unpaired) electrons. The van der Waals surface area contributed by atoms with E-state index in [-0.39, 0.29) is 0 Å². The van der Waals surface area contributed by atoms with Crippen LogP contribution in [-0.2, 0) is 0 Å². The fraction of sp³-hybridized carbons (Fsp3) is 0.167. The summed E-state index contributed by atoms with van der Waals surface area (Å²) in [7, 11) is 0. The van der Waals surface area contributed by atoms with Crippen molar-refractivity contribution in [1.82, 2.24) is 0 Å². The molecule has 0 bridgehead atoms. The average Bonchev–Trinajstić information content (AvgIpc) is 2.34. The number of thiocarbonyl (C=S) groups is 1. The summed E-state index contributed by atoms with van der Waals surface area (Å²) in [6.45, 7) is 0. The lowest BCUT2D eigenvalue weighted by molar-refractivity contribution is 1.99. The lowest BCUT2D eigenvalue weighted by atomic mass is 10.5. The minimum absolute atomic E-state index is 0.798. The van der Waals surface area contributed by atoms with Gasteiger partial charge in [0.15, 0.2) is 0 Å². The Labute approximate surface area is 78.6 Å². The van der Waals surface area contributed by atoms with Crippen LogP contribution < -0.4 is 0 Å². The minimum Gasteiger partial charge on any atom is -0.122 e. The summed E-state index contributed by atoms with van der Waals surface area (Å²) in [6.07, 6.45) is 1.97. The molecule has 1 rings (SSSR count). The van der Waals surface area contributed by atoms with Gasteiger partial charge < -0.3 is 0 Å². The van der Waals surface area contributed by atoms with Gasteiger partial charge in [0.25, 0.3) is 0 Å². The smallest absolute Gasteiger partial charge is 0.0935 e. The third-order valence-electron chi connectivity index (χ3n) is 0.960. The second-order valence-electron chi connectivity index (χ2n) is 1.60. The molecule has 0 fully saturated rings. The molecule has 0 amide bonds. The second-order valence-corrected chi connectivity index (χ2v) is 4.79. The molecule has 0 nitrogen and oxygen atoms in total. The molecule has 0 atom stereocenters. The van der Waals surface area contributed by atoms with Crippen molar-refractivity contribution in [2.24, 2.45) is 0 Å². The Morgan fingerprint density at radius 2 is 2.40 bits per heavy atom. The maximum Gasteiger partial charge on any atom is 0.0935 e. The van der Waals surface area contributed by atoms with Crippen molar-refractivity contribution in [3.63, 3.8) is 0 Å². The largest absolute Gasteiger partial charge is 0.122 e. The van der Waals surface area contributed by atoms with Gasteiger partial charge in [-0.2, -0.15) is 0 Å². The fourth-order valence-electron chi connectivity index (χ4n) is 0.525. The molecule has 0 saturated heterocycles. The number of thiophene rings is 1. The molecule has 10 heavy (non-hydrogen) atoms. The van der Waals surface area contributed by atoms with Crippen molar-refractivity contribution in [2.75, 3.05) is 6.26 Å². The van der Waals surface area contributed by atoms with Crippen molar-refractivity contribution < 1.29 is 0 Å². The maximum absolute atomic E-state index is 5.71. The first-order valence-electron chi connectivity index (χ1n) is 2.57. The van der Waals surface area contributed by atoms with Crippen LogP contribution in [0.4, 0.5) is 0 Å². The molecule has 0 aliphatic rings. The zero-order chi connectivity index (χ0) is 7.56. The molecule has 1 aromatic rings. The molecule has 0 N–H and O–H groups in total. The topological polar surface area (TPSA) is 0 Å². The third kappa shape index (κ3) is 1.95. The van der Waals surface area contributed by atoms with E-state index in [4.69, 9.17) is 23.8 Å². The summed E-state index contributed by atoms with van der Waals surface area (Å²) >= 11 is 13.9. The highest BCUT2D eigenvalue weighted by Crippen LogP contribution is 2.24. The van der Waals surface area contributed by atoms with Crippen molar-refractivity contribution in [1.29, 1.82) is 0 Å². The normalized spacial score (nSPS) is 9.80. The van der Waals surface area contributed by atoms with E-state index in [9.17, 15) is 0 Å². The summed E-state index contributed by atoms with van der Waals surface area (Å²) < 4.78 is 1.71. The molecule has 0 spiro atoms. The van der Waals surface area contributed by atoms with Gasteiger partial charge in [0.05, 0.1) is 13.4 Å². The van der Waals surface area contributed by atoms with Gasteiger partial charge in [-0.25, -0.2) is 0 Å². The monoisotopic (exact) mass is 208 g/mol. The van der Waals surface area contributed by atoms with Crippen LogP contribution in [0.5, 0.6) is 0 Å². The predicted octanol–water partition coefficient (Wildman–Crippen LogP) is 3.44. The highest BCUT2D eigenvalue weighted by molar-refractivity contribution is 8.23. The molecular weight excluding hydrogens is 204 g/mol. The maximum atomic E-state index is 5.71. The lowest BCUT2D eigenvalue weighted by Crippen LogP contribution is -1.82. The number of halogens is 1. The van der Waals surface area contributed by atoms with Gasteiger partial charge in [-0.15, -0.1) is 23.1 Å². The predicted molar refractivity (Wildman–Crippen MR) is 54.5 cm³/mol. The van der Waals surface area contributed by atoms with Gasteiger partial charge in [-0.05, 0) is 18.4 Å². The molecule has 0 saturated carbocycles. The quantitative estimate of drug-likeness (QED) is 0.649. The Kier molecular flexibility index (Phi) is 3.17. The first-order valence-corrected chi connectivity index (χ1v) is 5.40. The molecule has 4 heteroatoms. The van der Waals surface area contributed by atoms with Gasteiger partial charge in [-0.1, -0.05) is 23.8 Å². The Bertz CT molecular complexity index is 241. The highest BCUT2D eigenvalue weighted by atomic mass is 35.5. The zero-order valence-corrected chi connectivity index (χ0v) is 8.46. The summed E-state index contributed by atoms with van der Waals surface area (Å²) in [5, 5.41) is 0. The van der Waals surface area contributed by atoms with Gasteiger partial charge in [0.1, 0.15) is 0 Å². The van der Waals surface area contributed by atoms with Gasteiger partial charge in [-0.3, -0.25) is 0 Å². The first kappa shape index (κ1) is 8.53. The van der Waals surface area contributed by atoms with E-state index >= 15 is 0 Å². The van der Waals surface area contributed by atoms with Crippen molar-refractivity contribution in [3.05, 3.63) is 21.3 Å².